The van der Waals surface area contributed by atoms with Crippen molar-refractivity contribution in [2.45, 2.75) is 20.0 Å². The molecule has 1 fully saturated rings. The number of hydrogen-bond acceptors (Lipinski definition) is 7. The second-order valence-corrected chi connectivity index (χ2v) is 8.79. The lowest BCUT2D eigenvalue weighted by Gasteiger charge is -2.28. The van der Waals surface area contributed by atoms with E-state index in [2.05, 4.69) is 31.9 Å². The summed E-state index contributed by atoms with van der Waals surface area (Å²) in [6.45, 7) is 12.6. The molecule has 11 nitrogen and oxygen atoms in total. The minimum absolute atomic E-state index is 0.0200. The fourth-order valence-electron chi connectivity index (χ4n) is 4.41. The van der Waals surface area contributed by atoms with Gasteiger partial charge >= 0.3 is 12.0 Å². The Morgan fingerprint density at radius 2 is 1.87 bits per heavy atom. The van der Waals surface area contributed by atoms with Gasteiger partial charge in [-0.05, 0) is 36.8 Å². The van der Waals surface area contributed by atoms with Crippen LogP contribution in [0, 0.1) is 18.4 Å². The van der Waals surface area contributed by atoms with Gasteiger partial charge in [-0.25, -0.2) is 9.64 Å². The number of benzene rings is 2. The summed E-state index contributed by atoms with van der Waals surface area (Å²) in [6.07, 6.45) is 0. The van der Waals surface area contributed by atoms with Crippen LogP contribution in [0.4, 0.5) is 11.6 Å². The number of nitrogens with one attached hydrogen (secondary N) is 1. The van der Waals surface area contributed by atoms with Crippen molar-refractivity contribution in [3.05, 3.63) is 81.4 Å². The molecule has 196 valence electrons. The monoisotopic (exact) mass is 523 g/mol. The number of fused-ring (bicyclic) bond motifs is 1. The van der Waals surface area contributed by atoms with E-state index in [9.17, 15) is 14.7 Å². The summed E-state index contributed by atoms with van der Waals surface area (Å²) in [4.78, 5) is 40.5. The minimum Gasteiger partial charge on any atom is -0.478 e. The van der Waals surface area contributed by atoms with Gasteiger partial charge in [-0.2, -0.15) is 9.97 Å². The molecule has 0 radical (unpaired) electrons. The van der Waals surface area contributed by atoms with Gasteiger partial charge in [0.1, 0.15) is 5.75 Å². The summed E-state index contributed by atoms with van der Waals surface area (Å²) < 4.78 is 9.19. The van der Waals surface area contributed by atoms with Gasteiger partial charge in [-0.1, -0.05) is 30.2 Å². The topological polar surface area (TPSA) is 119 Å². The van der Waals surface area contributed by atoms with Crippen molar-refractivity contribution in [3.63, 3.8) is 0 Å². The first-order valence-corrected chi connectivity index (χ1v) is 12.3. The number of ether oxygens (including phenoxy) is 1. The Bertz CT molecular complexity index is 1700. The molecule has 1 aliphatic rings. The van der Waals surface area contributed by atoms with Gasteiger partial charge in [-0.3, -0.25) is 13.9 Å². The van der Waals surface area contributed by atoms with Crippen molar-refractivity contribution in [2.24, 2.45) is 0 Å². The number of piperazine rings is 1. The van der Waals surface area contributed by atoms with Crippen LogP contribution in [0.5, 0.6) is 11.8 Å². The maximum atomic E-state index is 14.1. The molecule has 4 aromatic rings. The summed E-state index contributed by atoms with van der Waals surface area (Å²) >= 11 is 0. The third kappa shape index (κ3) is 5.17. The summed E-state index contributed by atoms with van der Waals surface area (Å²) in [6, 6.07) is 12.8. The van der Waals surface area contributed by atoms with E-state index < -0.39 is 5.97 Å². The highest BCUT2D eigenvalue weighted by Crippen LogP contribution is 2.27. The molecule has 2 aromatic heterocycles. The molecule has 0 atom stereocenters. The zero-order valence-electron chi connectivity index (χ0n) is 21.2. The van der Waals surface area contributed by atoms with Gasteiger partial charge in [0.2, 0.25) is 5.95 Å². The predicted octanol–water partition coefficient (Wildman–Crippen LogP) is 3.12. The molecule has 0 saturated carbocycles. The second kappa shape index (κ2) is 11.1. The molecular weight excluding hydrogens is 498 g/mol. The SMILES string of the molecule is [C-]#[N+]c1ccccc1Cn1c(Oc2ccc(C(=O)O)cc2)nc2nc(N3CCNCC3)n(CC#CC)c2c1=O. The highest BCUT2D eigenvalue weighted by atomic mass is 16.5. The van der Waals surface area contributed by atoms with Crippen LogP contribution in [0.1, 0.15) is 22.8 Å². The number of carboxylic acids is 1. The predicted molar refractivity (Wildman–Crippen MR) is 146 cm³/mol. The number of carboxylic acid groups (broad SMARTS) is 1. The molecule has 11 heteroatoms. The highest BCUT2D eigenvalue weighted by molar-refractivity contribution is 5.87. The van der Waals surface area contributed by atoms with Crippen molar-refractivity contribution >= 4 is 28.8 Å². The first-order chi connectivity index (χ1) is 19.0. The Kier molecular flexibility index (Phi) is 7.26. The van der Waals surface area contributed by atoms with Gasteiger partial charge in [0.05, 0.1) is 18.7 Å². The third-order valence-electron chi connectivity index (χ3n) is 6.37. The van der Waals surface area contributed by atoms with Crippen LogP contribution in [-0.4, -0.2) is 56.4 Å². The fraction of sp³-hybridized carbons (Fsp3) is 0.250. The number of hydrogen-bond donors (Lipinski definition) is 2. The first-order valence-electron chi connectivity index (χ1n) is 12.3. The van der Waals surface area contributed by atoms with Crippen molar-refractivity contribution in [1.29, 1.82) is 0 Å². The lowest BCUT2D eigenvalue weighted by molar-refractivity contribution is 0.0697. The van der Waals surface area contributed by atoms with Crippen molar-refractivity contribution in [3.8, 4) is 23.6 Å². The molecule has 0 spiro atoms. The Hall–Kier alpha value is -5.13. The van der Waals surface area contributed by atoms with Crippen LogP contribution in [0.3, 0.4) is 0 Å². The average Bonchev–Trinajstić information content (AvgIpc) is 3.33. The van der Waals surface area contributed by atoms with E-state index in [0.29, 0.717) is 41.6 Å². The van der Waals surface area contributed by atoms with Crippen LogP contribution in [0.15, 0.2) is 53.3 Å². The lowest BCUT2D eigenvalue weighted by Crippen LogP contribution is -2.44. The molecule has 2 aromatic carbocycles. The van der Waals surface area contributed by atoms with E-state index in [4.69, 9.17) is 16.3 Å². The van der Waals surface area contributed by atoms with Gasteiger partial charge in [0.25, 0.3) is 5.56 Å². The van der Waals surface area contributed by atoms with E-state index in [1.54, 1.807) is 35.8 Å². The normalized spacial score (nSPS) is 13.0. The fourth-order valence-corrected chi connectivity index (χ4v) is 4.41. The van der Waals surface area contributed by atoms with E-state index in [1.165, 1.54) is 28.8 Å². The van der Waals surface area contributed by atoms with E-state index in [0.717, 1.165) is 13.1 Å². The molecule has 0 unspecified atom stereocenters. The standard InChI is InChI=1S/C28H25N7O4/c1-3-4-15-34-23-24(31-27(34)33-16-13-30-14-17-33)32-28(39-21-11-9-19(10-12-21)26(37)38)35(25(23)36)18-20-7-5-6-8-22(20)29-2/h5-12,30H,13-18H2,1H3,(H,37,38). The smallest absolute Gasteiger partial charge is 0.335 e. The molecular formula is C28H25N7O4. The van der Waals surface area contributed by atoms with Crippen molar-refractivity contribution < 1.29 is 14.6 Å². The molecule has 1 aliphatic heterocycles. The quantitative estimate of drug-likeness (QED) is 0.280. The Balaban J connectivity index is 1.69. The average molecular weight is 524 g/mol. The van der Waals surface area contributed by atoms with Crippen molar-refractivity contribution in [1.82, 2.24) is 24.4 Å². The lowest BCUT2D eigenvalue weighted by atomic mass is 10.2. The summed E-state index contributed by atoms with van der Waals surface area (Å²) in [5, 5.41) is 12.5. The van der Waals surface area contributed by atoms with E-state index >= 15 is 0 Å². The van der Waals surface area contributed by atoms with Gasteiger partial charge in [0.15, 0.2) is 16.9 Å². The zero-order valence-corrected chi connectivity index (χ0v) is 21.2. The second-order valence-electron chi connectivity index (χ2n) is 8.79. The zero-order chi connectivity index (χ0) is 27.4. The number of para-hydroxylation sites is 1. The Morgan fingerprint density at radius 3 is 2.56 bits per heavy atom. The molecule has 5 rings (SSSR count). The number of anilines is 1. The van der Waals surface area contributed by atoms with Crippen LogP contribution < -0.4 is 20.5 Å². The molecule has 0 aliphatic carbocycles. The molecule has 0 amide bonds. The van der Waals surface area contributed by atoms with E-state index in [-0.39, 0.29) is 35.9 Å². The van der Waals surface area contributed by atoms with Gasteiger partial charge in [-0.15, -0.1) is 5.92 Å². The minimum atomic E-state index is -1.06. The number of aromatic carboxylic acids is 1. The number of nitrogens with zero attached hydrogens (tertiary/aromatic N) is 6. The van der Waals surface area contributed by atoms with Crippen LogP contribution >= 0.6 is 0 Å². The largest absolute Gasteiger partial charge is 0.478 e. The number of carbonyl (C=O) groups is 1. The molecule has 0 bridgehead atoms. The number of imidazole rings is 1. The summed E-state index contributed by atoms with van der Waals surface area (Å²) in [5.41, 5.74) is 1.27. The number of aromatic nitrogens is 4. The Morgan fingerprint density at radius 1 is 1.13 bits per heavy atom. The van der Waals surface area contributed by atoms with Crippen molar-refractivity contribution in [2.75, 3.05) is 31.1 Å². The molecule has 1 saturated heterocycles. The first kappa shape index (κ1) is 25.5. The summed E-state index contributed by atoms with van der Waals surface area (Å²) in [7, 11) is 0. The summed E-state index contributed by atoms with van der Waals surface area (Å²) in [5.74, 6) is 5.78. The van der Waals surface area contributed by atoms with Crippen LogP contribution in [0.25, 0.3) is 16.0 Å². The number of rotatable bonds is 7. The highest BCUT2D eigenvalue weighted by Gasteiger charge is 2.25. The Labute approximate surface area is 224 Å². The molecule has 2 N–H and O–H groups in total. The van der Waals surface area contributed by atoms with Crippen LogP contribution in [0.2, 0.25) is 0 Å². The molecule has 39 heavy (non-hydrogen) atoms. The van der Waals surface area contributed by atoms with Gasteiger partial charge in [0, 0.05) is 32.7 Å². The van der Waals surface area contributed by atoms with Gasteiger partial charge < -0.3 is 20.1 Å². The van der Waals surface area contributed by atoms with E-state index in [1.807, 2.05) is 0 Å². The third-order valence-corrected chi connectivity index (χ3v) is 6.37. The molecule has 3 heterocycles. The maximum Gasteiger partial charge on any atom is 0.335 e. The van der Waals surface area contributed by atoms with Crippen LogP contribution in [-0.2, 0) is 13.1 Å². The maximum absolute atomic E-state index is 14.1.